The molecule has 66 valence electrons. The Hall–Kier alpha value is -0.740. The van der Waals surface area contributed by atoms with Crippen LogP contribution in [0.2, 0.25) is 0 Å². The number of nitrogens with zero attached hydrogens (tertiary/aromatic N) is 1. The van der Waals surface area contributed by atoms with Crippen molar-refractivity contribution in [1.29, 1.82) is 0 Å². The highest BCUT2D eigenvalue weighted by Gasteiger charge is 2.02. The van der Waals surface area contributed by atoms with Gasteiger partial charge in [0.1, 0.15) is 5.78 Å². The Balaban J connectivity index is 2.38. The summed E-state index contributed by atoms with van der Waals surface area (Å²) in [6.07, 6.45) is 3.07. The van der Waals surface area contributed by atoms with Crippen molar-refractivity contribution in [2.24, 2.45) is 5.73 Å². The van der Waals surface area contributed by atoms with Gasteiger partial charge in [0.05, 0.1) is 11.6 Å². The molecule has 0 saturated carbocycles. The van der Waals surface area contributed by atoms with E-state index in [1.807, 2.05) is 13.1 Å². The number of carbonyl (C=O) groups excluding carboxylic acids is 1. The van der Waals surface area contributed by atoms with Gasteiger partial charge in [0, 0.05) is 23.9 Å². The Morgan fingerprint density at radius 3 is 3.00 bits per heavy atom. The third kappa shape index (κ3) is 2.71. The van der Waals surface area contributed by atoms with E-state index in [0.717, 1.165) is 11.4 Å². The minimum absolute atomic E-state index is 0.0999. The molecule has 0 saturated heterocycles. The smallest absolute Gasteiger partial charge is 0.146 e. The average Bonchev–Trinajstić information content (AvgIpc) is 2.47. The van der Waals surface area contributed by atoms with Crippen molar-refractivity contribution in [2.75, 3.05) is 6.54 Å². The highest BCUT2D eigenvalue weighted by atomic mass is 32.1. The Morgan fingerprint density at radius 1 is 1.75 bits per heavy atom. The molecule has 0 amide bonds. The number of aromatic nitrogens is 1. The van der Waals surface area contributed by atoms with Crippen LogP contribution in [0.25, 0.3) is 0 Å². The monoisotopic (exact) mass is 184 g/mol. The summed E-state index contributed by atoms with van der Waals surface area (Å²) in [6.45, 7) is 2.15. The standard InChI is InChI=1S/C8H12N2OS/c1-6-5-10-8(12-6)3-2-7(11)4-9/h5H,2-4,9H2,1H3. The SMILES string of the molecule is Cc1cnc(CCC(=O)CN)s1. The number of ketones is 1. The zero-order valence-electron chi connectivity index (χ0n) is 7.04. The quantitative estimate of drug-likeness (QED) is 0.756. The van der Waals surface area contributed by atoms with Gasteiger partial charge in [-0.15, -0.1) is 11.3 Å². The molecule has 0 bridgehead atoms. The van der Waals surface area contributed by atoms with Crippen LogP contribution in [0, 0.1) is 6.92 Å². The molecule has 0 unspecified atom stereocenters. The summed E-state index contributed by atoms with van der Waals surface area (Å²) in [6, 6.07) is 0. The molecule has 0 atom stereocenters. The molecular weight excluding hydrogens is 172 g/mol. The van der Waals surface area contributed by atoms with Crippen molar-refractivity contribution in [2.45, 2.75) is 19.8 Å². The molecular formula is C8H12N2OS. The molecule has 3 nitrogen and oxygen atoms in total. The second-order valence-corrected chi connectivity index (χ2v) is 3.93. The first-order valence-electron chi connectivity index (χ1n) is 3.85. The second kappa shape index (κ2) is 4.33. The van der Waals surface area contributed by atoms with Crippen molar-refractivity contribution in [1.82, 2.24) is 4.98 Å². The summed E-state index contributed by atoms with van der Waals surface area (Å²) in [5.41, 5.74) is 5.17. The molecule has 1 aromatic rings. The lowest BCUT2D eigenvalue weighted by Gasteiger charge is -1.93. The largest absolute Gasteiger partial charge is 0.324 e. The van der Waals surface area contributed by atoms with E-state index >= 15 is 0 Å². The van der Waals surface area contributed by atoms with E-state index in [2.05, 4.69) is 4.98 Å². The topological polar surface area (TPSA) is 56.0 Å². The highest BCUT2D eigenvalue weighted by molar-refractivity contribution is 7.11. The summed E-state index contributed by atoms with van der Waals surface area (Å²) in [5, 5.41) is 1.02. The lowest BCUT2D eigenvalue weighted by Crippen LogP contribution is -2.13. The molecule has 0 aliphatic rings. The number of aryl methyl sites for hydroxylation is 2. The zero-order valence-corrected chi connectivity index (χ0v) is 7.86. The second-order valence-electron chi connectivity index (χ2n) is 2.61. The fourth-order valence-electron chi connectivity index (χ4n) is 0.865. The molecule has 0 fully saturated rings. The summed E-state index contributed by atoms with van der Waals surface area (Å²) in [5.74, 6) is 0.0999. The van der Waals surface area contributed by atoms with Gasteiger partial charge < -0.3 is 5.73 Å². The number of hydrogen-bond acceptors (Lipinski definition) is 4. The van der Waals surface area contributed by atoms with Gasteiger partial charge in [0.25, 0.3) is 0 Å². The van der Waals surface area contributed by atoms with Crippen molar-refractivity contribution in [3.63, 3.8) is 0 Å². The minimum atomic E-state index is 0.0999. The maximum absolute atomic E-state index is 10.8. The van der Waals surface area contributed by atoms with Crippen LogP contribution in [0.4, 0.5) is 0 Å². The van der Waals surface area contributed by atoms with E-state index < -0.39 is 0 Å². The maximum Gasteiger partial charge on any atom is 0.146 e. The summed E-state index contributed by atoms with van der Waals surface area (Å²) < 4.78 is 0. The predicted molar refractivity (Wildman–Crippen MR) is 49.2 cm³/mol. The summed E-state index contributed by atoms with van der Waals surface area (Å²) in [4.78, 5) is 16.2. The van der Waals surface area contributed by atoms with Gasteiger partial charge in [-0.05, 0) is 6.92 Å². The zero-order chi connectivity index (χ0) is 8.97. The van der Waals surface area contributed by atoms with Gasteiger partial charge in [-0.25, -0.2) is 4.98 Å². The molecule has 2 N–H and O–H groups in total. The van der Waals surface area contributed by atoms with E-state index in [9.17, 15) is 4.79 Å². The number of thiazole rings is 1. The van der Waals surface area contributed by atoms with Crippen LogP contribution in [0.1, 0.15) is 16.3 Å². The van der Waals surface area contributed by atoms with Crippen LogP contribution < -0.4 is 5.73 Å². The van der Waals surface area contributed by atoms with E-state index in [1.54, 1.807) is 11.3 Å². The molecule has 0 spiro atoms. The van der Waals surface area contributed by atoms with Crippen LogP contribution in [0.3, 0.4) is 0 Å². The number of Topliss-reactive ketones (excluding diaryl/α,β-unsaturated/α-hetero) is 1. The van der Waals surface area contributed by atoms with Gasteiger partial charge >= 0.3 is 0 Å². The first-order chi connectivity index (χ1) is 5.72. The summed E-state index contributed by atoms with van der Waals surface area (Å²) in [7, 11) is 0. The van der Waals surface area contributed by atoms with Gasteiger partial charge in [0.2, 0.25) is 0 Å². The fraction of sp³-hybridized carbons (Fsp3) is 0.500. The van der Waals surface area contributed by atoms with Gasteiger partial charge in [-0.3, -0.25) is 4.79 Å². The number of carbonyl (C=O) groups is 1. The van der Waals surface area contributed by atoms with Gasteiger partial charge in [-0.2, -0.15) is 0 Å². The molecule has 12 heavy (non-hydrogen) atoms. The first kappa shape index (κ1) is 9.35. The van der Waals surface area contributed by atoms with E-state index in [4.69, 9.17) is 5.73 Å². The van der Waals surface area contributed by atoms with Crippen LogP contribution in [0.5, 0.6) is 0 Å². The van der Waals surface area contributed by atoms with Gasteiger partial charge in [0.15, 0.2) is 0 Å². The van der Waals surface area contributed by atoms with E-state index in [1.165, 1.54) is 4.88 Å². The van der Waals surface area contributed by atoms with Crippen molar-refractivity contribution in [3.8, 4) is 0 Å². The molecule has 1 heterocycles. The maximum atomic E-state index is 10.8. The normalized spacial score (nSPS) is 10.2. The molecule has 0 aliphatic heterocycles. The predicted octanol–water partition coefficient (Wildman–Crippen LogP) is 0.912. The van der Waals surface area contributed by atoms with Crippen molar-refractivity contribution < 1.29 is 4.79 Å². The van der Waals surface area contributed by atoms with E-state index in [-0.39, 0.29) is 12.3 Å². The Kier molecular flexibility index (Phi) is 3.37. The fourth-order valence-corrected chi connectivity index (χ4v) is 1.65. The van der Waals surface area contributed by atoms with E-state index in [0.29, 0.717) is 6.42 Å². The van der Waals surface area contributed by atoms with Crippen LogP contribution >= 0.6 is 11.3 Å². The number of nitrogens with two attached hydrogens (primary N) is 1. The first-order valence-corrected chi connectivity index (χ1v) is 4.67. The van der Waals surface area contributed by atoms with Crippen molar-refractivity contribution >= 4 is 17.1 Å². The molecule has 0 aliphatic carbocycles. The minimum Gasteiger partial charge on any atom is -0.324 e. The Bertz CT molecular complexity index is 270. The number of rotatable bonds is 4. The van der Waals surface area contributed by atoms with Crippen molar-refractivity contribution in [3.05, 3.63) is 16.1 Å². The van der Waals surface area contributed by atoms with Crippen LogP contribution in [0.15, 0.2) is 6.20 Å². The Labute approximate surface area is 75.6 Å². The third-order valence-electron chi connectivity index (χ3n) is 1.51. The number of hydrogen-bond donors (Lipinski definition) is 1. The Morgan fingerprint density at radius 2 is 2.50 bits per heavy atom. The molecule has 4 heteroatoms. The van der Waals surface area contributed by atoms with Crippen LogP contribution in [-0.4, -0.2) is 17.3 Å². The average molecular weight is 184 g/mol. The molecule has 0 radical (unpaired) electrons. The molecule has 1 rings (SSSR count). The highest BCUT2D eigenvalue weighted by Crippen LogP contribution is 2.12. The van der Waals surface area contributed by atoms with Crippen LogP contribution in [-0.2, 0) is 11.2 Å². The lowest BCUT2D eigenvalue weighted by molar-refractivity contribution is -0.117. The lowest BCUT2D eigenvalue weighted by atomic mass is 10.2. The third-order valence-corrected chi connectivity index (χ3v) is 2.49. The summed E-state index contributed by atoms with van der Waals surface area (Å²) >= 11 is 1.64. The molecule has 1 aromatic heterocycles. The van der Waals surface area contributed by atoms with Gasteiger partial charge in [-0.1, -0.05) is 0 Å². The molecule has 0 aromatic carbocycles.